The second kappa shape index (κ2) is 14.5. The zero-order chi connectivity index (χ0) is 31.9. The smallest absolute Gasteiger partial charge is 0.363 e. The Bertz CT molecular complexity index is 1640. The van der Waals surface area contributed by atoms with Crippen LogP contribution in [-0.2, 0) is 32.2 Å². The van der Waals surface area contributed by atoms with E-state index < -0.39 is 40.9 Å². The Hall–Kier alpha value is -4.18. The molecule has 6 nitrogen and oxygen atoms in total. The van der Waals surface area contributed by atoms with Gasteiger partial charge in [-0.1, -0.05) is 80.6 Å². The molecule has 0 bridgehead atoms. The van der Waals surface area contributed by atoms with Gasteiger partial charge in [0, 0.05) is 50.5 Å². The quantitative estimate of drug-likeness (QED) is 0.226. The van der Waals surface area contributed by atoms with Crippen molar-refractivity contribution in [2.24, 2.45) is 0 Å². The van der Waals surface area contributed by atoms with Gasteiger partial charge >= 0.3 is 11.9 Å². The third kappa shape index (κ3) is 7.48. The maximum Gasteiger partial charge on any atom is 0.416 e. The van der Waals surface area contributed by atoms with Crippen molar-refractivity contribution in [3.63, 3.8) is 0 Å². The summed E-state index contributed by atoms with van der Waals surface area (Å²) >= 11 is 0. The number of benzene rings is 3. The summed E-state index contributed by atoms with van der Waals surface area (Å²) in [6.07, 6.45) is -4.44. The first-order valence-electron chi connectivity index (χ1n) is 14.9. The van der Waals surface area contributed by atoms with Gasteiger partial charge in [0.15, 0.2) is 0 Å². The van der Waals surface area contributed by atoms with Crippen LogP contribution in [-0.4, -0.2) is 40.2 Å². The number of aromatic nitrogens is 2. The monoisotopic (exact) mass is 610 g/mol. The van der Waals surface area contributed by atoms with Crippen molar-refractivity contribution in [2.45, 2.75) is 53.0 Å². The number of hydrogen-bond donors (Lipinski definition) is 0. The van der Waals surface area contributed by atoms with Crippen molar-refractivity contribution in [3.05, 3.63) is 133 Å². The molecule has 1 aliphatic heterocycles. The summed E-state index contributed by atoms with van der Waals surface area (Å²) in [6.45, 7) is 7.97. The Morgan fingerprint density at radius 1 is 0.727 bits per heavy atom. The normalized spacial score (nSPS) is 13.8. The number of rotatable bonds is 8. The van der Waals surface area contributed by atoms with Crippen LogP contribution in [0.15, 0.2) is 88.5 Å². The lowest BCUT2D eigenvalue weighted by Crippen LogP contribution is -2.51. The van der Waals surface area contributed by atoms with Crippen molar-refractivity contribution in [3.8, 4) is 0 Å². The summed E-state index contributed by atoms with van der Waals surface area (Å²) in [6, 6.07) is 22.1. The highest BCUT2D eigenvalue weighted by atomic mass is 19.4. The van der Waals surface area contributed by atoms with E-state index in [1.54, 1.807) is 6.92 Å². The summed E-state index contributed by atoms with van der Waals surface area (Å²) in [5.74, 6) is -1.06. The summed E-state index contributed by atoms with van der Waals surface area (Å²) in [4.78, 5) is 31.7. The lowest BCUT2D eigenvalue weighted by atomic mass is 10.1. The highest BCUT2D eigenvalue weighted by Gasteiger charge is 2.35. The minimum absolute atomic E-state index is 0.0341. The van der Waals surface area contributed by atoms with Crippen LogP contribution in [0.3, 0.4) is 0 Å². The molecule has 0 N–H and O–H groups in total. The van der Waals surface area contributed by atoms with Crippen LogP contribution >= 0.6 is 0 Å². The van der Waals surface area contributed by atoms with E-state index in [4.69, 9.17) is 0 Å². The SMILES string of the molecule is CC.Cc1c(N2CCN(Cc3ccccc3)CC2)c(=O)n(CCc2ccccc2)c(=O)n1Cc1c(F)cccc1C(F)(F)F. The molecule has 3 aromatic carbocycles. The largest absolute Gasteiger partial charge is 0.416 e. The average molecular weight is 611 g/mol. The average Bonchev–Trinajstić information content (AvgIpc) is 3.02. The van der Waals surface area contributed by atoms with Crippen LogP contribution in [0.5, 0.6) is 0 Å². The van der Waals surface area contributed by atoms with Crippen LogP contribution in [0, 0.1) is 12.7 Å². The van der Waals surface area contributed by atoms with Crippen LogP contribution in [0.2, 0.25) is 0 Å². The molecule has 4 aromatic rings. The van der Waals surface area contributed by atoms with Gasteiger partial charge in [-0.25, -0.2) is 9.18 Å². The maximum atomic E-state index is 14.9. The van der Waals surface area contributed by atoms with Gasteiger partial charge in [-0.2, -0.15) is 13.2 Å². The molecule has 44 heavy (non-hydrogen) atoms. The minimum Gasteiger partial charge on any atom is -0.363 e. The first kappa shape index (κ1) is 32.7. The maximum absolute atomic E-state index is 14.9. The van der Waals surface area contributed by atoms with E-state index in [0.29, 0.717) is 32.6 Å². The van der Waals surface area contributed by atoms with Gasteiger partial charge in [0.2, 0.25) is 0 Å². The third-order valence-electron chi connectivity index (χ3n) is 7.80. The summed E-state index contributed by atoms with van der Waals surface area (Å²) in [7, 11) is 0. The number of nitrogens with zero attached hydrogens (tertiary/aromatic N) is 4. The van der Waals surface area contributed by atoms with Gasteiger partial charge in [-0.15, -0.1) is 0 Å². The molecule has 1 fully saturated rings. The third-order valence-corrected chi connectivity index (χ3v) is 7.80. The number of anilines is 1. The second-order valence-electron chi connectivity index (χ2n) is 10.5. The van der Waals surface area contributed by atoms with E-state index in [1.165, 1.54) is 5.56 Å². The van der Waals surface area contributed by atoms with Gasteiger partial charge in [0.05, 0.1) is 12.1 Å². The van der Waals surface area contributed by atoms with Gasteiger partial charge in [-0.3, -0.25) is 18.8 Å². The molecule has 0 aliphatic carbocycles. The standard InChI is InChI=1S/C32H32F4N4O2.C2H6/c1-23-29(38-19-17-37(18-20-38)21-25-11-6-3-7-12-25)30(41)39(16-15-24-9-4-2-5-10-24)31(42)40(23)22-26-27(32(34,35)36)13-8-14-28(26)33;1-2/h2-14H,15-22H2,1H3;1-2H3. The zero-order valence-electron chi connectivity index (χ0n) is 25.3. The fourth-order valence-corrected chi connectivity index (χ4v) is 5.53. The number of aryl methyl sites for hydroxylation is 1. The Kier molecular flexibility index (Phi) is 10.8. The van der Waals surface area contributed by atoms with E-state index in [2.05, 4.69) is 17.0 Å². The van der Waals surface area contributed by atoms with Crippen LogP contribution in [0.25, 0.3) is 0 Å². The summed E-state index contributed by atoms with van der Waals surface area (Å²) in [5.41, 5.74) is -0.499. The number of piperazine rings is 1. The molecule has 10 heteroatoms. The first-order valence-corrected chi connectivity index (χ1v) is 14.9. The number of hydrogen-bond acceptors (Lipinski definition) is 4. The Balaban J connectivity index is 0.00000216. The highest BCUT2D eigenvalue weighted by Crippen LogP contribution is 2.33. The Morgan fingerprint density at radius 3 is 1.91 bits per heavy atom. The van der Waals surface area contributed by atoms with E-state index in [1.807, 2.05) is 67.3 Å². The molecule has 0 unspecified atom stereocenters. The molecule has 0 atom stereocenters. The first-order chi connectivity index (χ1) is 21.1. The lowest BCUT2D eigenvalue weighted by molar-refractivity contribution is -0.138. The van der Waals surface area contributed by atoms with E-state index >= 15 is 0 Å². The molecule has 5 rings (SSSR count). The lowest BCUT2D eigenvalue weighted by Gasteiger charge is -2.37. The molecule has 1 saturated heterocycles. The fraction of sp³-hybridized carbons (Fsp3) is 0.353. The van der Waals surface area contributed by atoms with Gasteiger partial charge in [0.25, 0.3) is 5.56 Å². The topological polar surface area (TPSA) is 50.5 Å². The minimum atomic E-state index is -4.81. The van der Waals surface area contributed by atoms with Crippen molar-refractivity contribution in [1.82, 2.24) is 14.0 Å². The summed E-state index contributed by atoms with van der Waals surface area (Å²) < 4.78 is 58.5. The van der Waals surface area contributed by atoms with Crippen molar-refractivity contribution in [2.75, 3.05) is 31.1 Å². The zero-order valence-corrected chi connectivity index (χ0v) is 25.3. The Labute approximate surface area is 254 Å². The molecular formula is C34H38F4N4O2. The molecule has 0 amide bonds. The van der Waals surface area contributed by atoms with Gasteiger partial charge < -0.3 is 4.90 Å². The predicted octanol–water partition coefficient (Wildman–Crippen LogP) is 6.12. The van der Waals surface area contributed by atoms with E-state index in [9.17, 15) is 27.2 Å². The van der Waals surface area contributed by atoms with Crippen LogP contribution < -0.4 is 16.1 Å². The second-order valence-corrected chi connectivity index (χ2v) is 10.5. The molecule has 0 radical (unpaired) electrons. The molecule has 1 aliphatic rings. The van der Waals surface area contributed by atoms with Crippen LogP contribution in [0.1, 0.15) is 41.8 Å². The molecule has 2 heterocycles. The molecular weight excluding hydrogens is 572 g/mol. The van der Waals surface area contributed by atoms with E-state index in [0.717, 1.165) is 39.4 Å². The molecule has 0 saturated carbocycles. The van der Waals surface area contributed by atoms with Crippen molar-refractivity contribution in [1.29, 1.82) is 0 Å². The fourth-order valence-electron chi connectivity index (χ4n) is 5.53. The van der Waals surface area contributed by atoms with Crippen LogP contribution in [0.4, 0.5) is 23.2 Å². The number of alkyl halides is 3. The molecule has 234 valence electrons. The van der Waals surface area contributed by atoms with Gasteiger partial charge in [-0.05, 0) is 36.6 Å². The summed E-state index contributed by atoms with van der Waals surface area (Å²) in [5, 5.41) is 0. The molecule has 1 aromatic heterocycles. The molecule has 0 spiro atoms. The van der Waals surface area contributed by atoms with Gasteiger partial charge in [0.1, 0.15) is 11.5 Å². The van der Waals surface area contributed by atoms with Crippen molar-refractivity contribution >= 4 is 5.69 Å². The Morgan fingerprint density at radius 2 is 1.32 bits per heavy atom. The highest BCUT2D eigenvalue weighted by molar-refractivity contribution is 5.50. The number of halogens is 4. The predicted molar refractivity (Wildman–Crippen MR) is 166 cm³/mol. The van der Waals surface area contributed by atoms with E-state index in [-0.39, 0.29) is 17.9 Å². The van der Waals surface area contributed by atoms with Crippen molar-refractivity contribution < 1.29 is 17.6 Å².